The second-order valence-corrected chi connectivity index (χ2v) is 5.45. The number of aryl methyl sites for hydroxylation is 1. The summed E-state index contributed by atoms with van der Waals surface area (Å²) in [5.41, 5.74) is 2.09. The van der Waals surface area contributed by atoms with Crippen LogP contribution < -0.4 is 5.32 Å². The summed E-state index contributed by atoms with van der Waals surface area (Å²) in [5.74, 6) is 2.53. The van der Waals surface area contributed by atoms with Crippen molar-refractivity contribution in [1.82, 2.24) is 10.3 Å². The number of aliphatic hydroxyl groups excluding tert-OH is 1. The van der Waals surface area contributed by atoms with Gasteiger partial charge in [0.25, 0.3) is 0 Å². The summed E-state index contributed by atoms with van der Waals surface area (Å²) in [4.78, 5) is 4.05. The van der Waals surface area contributed by atoms with Crippen molar-refractivity contribution >= 4 is 11.8 Å². The molecular formula is C12H18N2O2S. The Morgan fingerprint density at radius 1 is 1.59 bits per heavy atom. The minimum Gasteiger partial charge on any atom is -0.506 e. The fourth-order valence-electron chi connectivity index (χ4n) is 1.96. The minimum atomic E-state index is -0.0860. The molecule has 1 atom stereocenters. The van der Waals surface area contributed by atoms with Crippen molar-refractivity contribution in [2.75, 3.05) is 11.5 Å². The normalized spacial score (nSPS) is 19.8. The predicted octanol–water partition coefficient (Wildman–Crippen LogP) is 1.18. The summed E-state index contributed by atoms with van der Waals surface area (Å²) in [5, 5.41) is 22.6. The molecule has 0 aromatic carbocycles. The highest BCUT2D eigenvalue weighted by Gasteiger charge is 2.17. The maximum absolute atomic E-state index is 9.96. The first-order valence-corrected chi connectivity index (χ1v) is 6.96. The SMILES string of the molecule is Cc1ncc(CO)c(CNC2CCSC2)c1O. The number of aromatic hydroxyl groups is 1. The van der Waals surface area contributed by atoms with Gasteiger partial charge in [-0.25, -0.2) is 0 Å². The van der Waals surface area contributed by atoms with Gasteiger partial charge in [0, 0.05) is 35.7 Å². The van der Waals surface area contributed by atoms with Crippen molar-refractivity contribution < 1.29 is 10.2 Å². The molecule has 17 heavy (non-hydrogen) atoms. The molecular weight excluding hydrogens is 236 g/mol. The van der Waals surface area contributed by atoms with E-state index in [-0.39, 0.29) is 12.4 Å². The molecule has 94 valence electrons. The Morgan fingerprint density at radius 2 is 2.41 bits per heavy atom. The fraction of sp³-hybridized carbons (Fsp3) is 0.583. The van der Waals surface area contributed by atoms with E-state index in [1.54, 1.807) is 13.1 Å². The monoisotopic (exact) mass is 254 g/mol. The fourth-order valence-corrected chi connectivity index (χ4v) is 3.15. The molecule has 2 heterocycles. The first kappa shape index (κ1) is 12.7. The number of nitrogens with one attached hydrogen (secondary N) is 1. The first-order chi connectivity index (χ1) is 8.22. The molecule has 0 radical (unpaired) electrons. The standard InChI is InChI=1S/C12H18N2O2S/c1-8-12(16)11(9(6-15)4-13-8)5-14-10-2-3-17-7-10/h4,10,14-16H,2-3,5-7H2,1H3. The molecule has 0 aliphatic carbocycles. The summed E-state index contributed by atoms with van der Waals surface area (Å²) in [6.45, 7) is 2.28. The number of hydrogen-bond acceptors (Lipinski definition) is 5. The molecule has 0 bridgehead atoms. The van der Waals surface area contributed by atoms with Crippen LogP contribution in [0.5, 0.6) is 5.75 Å². The van der Waals surface area contributed by atoms with Gasteiger partial charge < -0.3 is 15.5 Å². The zero-order valence-corrected chi connectivity index (χ0v) is 10.8. The van der Waals surface area contributed by atoms with Crippen molar-refractivity contribution in [2.45, 2.75) is 32.5 Å². The molecule has 4 nitrogen and oxygen atoms in total. The molecule has 5 heteroatoms. The molecule has 2 rings (SSSR count). The molecule has 1 aliphatic heterocycles. The largest absolute Gasteiger partial charge is 0.506 e. The number of rotatable bonds is 4. The Bertz CT molecular complexity index is 392. The van der Waals surface area contributed by atoms with Crippen LogP contribution in [-0.2, 0) is 13.2 Å². The molecule has 1 fully saturated rings. The Balaban J connectivity index is 2.09. The lowest BCUT2D eigenvalue weighted by Crippen LogP contribution is -2.28. The van der Waals surface area contributed by atoms with Gasteiger partial charge in [-0.2, -0.15) is 11.8 Å². The van der Waals surface area contributed by atoms with Gasteiger partial charge in [0.2, 0.25) is 0 Å². The van der Waals surface area contributed by atoms with Crippen LogP contribution >= 0.6 is 11.8 Å². The zero-order valence-electron chi connectivity index (χ0n) is 9.94. The Labute approximate surface area is 105 Å². The molecule has 1 aliphatic rings. The lowest BCUT2D eigenvalue weighted by atomic mass is 10.1. The molecule has 3 N–H and O–H groups in total. The Hall–Kier alpha value is -0.780. The molecule has 0 spiro atoms. The first-order valence-electron chi connectivity index (χ1n) is 5.80. The summed E-state index contributed by atoms with van der Waals surface area (Å²) in [6.07, 6.45) is 2.80. The maximum atomic E-state index is 9.96. The van der Waals surface area contributed by atoms with Crippen molar-refractivity contribution in [3.8, 4) is 5.75 Å². The van der Waals surface area contributed by atoms with E-state index in [4.69, 9.17) is 0 Å². The summed E-state index contributed by atoms with van der Waals surface area (Å²) >= 11 is 1.95. The molecule has 1 unspecified atom stereocenters. The van der Waals surface area contributed by atoms with E-state index in [2.05, 4.69) is 10.3 Å². The van der Waals surface area contributed by atoms with E-state index >= 15 is 0 Å². The number of thioether (sulfide) groups is 1. The van der Waals surface area contributed by atoms with E-state index in [1.165, 1.54) is 12.2 Å². The summed E-state index contributed by atoms with van der Waals surface area (Å²) < 4.78 is 0. The van der Waals surface area contributed by atoms with Gasteiger partial charge in [-0.3, -0.25) is 4.98 Å². The molecule has 0 amide bonds. The minimum absolute atomic E-state index is 0.0860. The summed E-state index contributed by atoms with van der Waals surface area (Å²) in [7, 11) is 0. The number of pyridine rings is 1. The molecule has 1 aromatic rings. The van der Waals surface area contributed by atoms with Crippen LogP contribution in [0.2, 0.25) is 0 Å². The van der Waals surface area contributed by atoms with Crippen LogP contribution in [0.1, 0.15) is 23.2 Å². The van der Waals surface area contributed by atoms with Crippen molar-refractivity contribution in [3.63, 3.8) is 0 Å². The molecule has 1 saturated heterocycles. The van der Waals surface area contributed by atoms with Crippen LogP contribution in [0.15, 0.2) is 6.20 Å². The number of aromatic nitrogens is 1. The second-order valence-electron chi connectivity index (χ2n) is 4.30. The second kappa shape index (κ2) is 5.71. The van der Waals surface area contributed by atoms with Crippen LogP contribution in [0, 0.1) is 6.92 Å². The van der Waals surface area contributed by atoms with Gasteiger partial charge in [-0.15, -0.1) is 0 Å². The van der Waals surface area contributed by atoms with Gasteiger partial charge in [0.1, 0.15) is 5.75 Å². The number of nitrogens with zero attached hydrogens (tertiary/aromatic N) is 1. The maximum Gasteiger partial charge on any atom is 0.141 e. The highest BCUT2D eigenvalue weighted by Crippen LogP contribution is 2.25. The van der Waals surface area contributed by atoms with Crippen molar-refractivity contribution in [2.24, 2.45) is 0 Å². The average molecular weight is 254 g/mol. The quantitative estimate of drug-likeness (QED) is 0.753. The van der Waals surface area contributed by atoms with Gasteiger partial charge in [-0.05, 0) is 19.1 Å². The van der Waals surface area contributed by atoms with E-state index in [9.17, 15) is 10.2 Å². The van der Waals surface area contributed by atoms with Gasteiger partial charge in [0.05, 0.1) is 12.3 Å². The highest BCUT2D eigenvalue weighted by molar-refractivity contribution is 7.99. The topological polar surface area (TPSA) is 65.4 Å². The van der Waals surface area contributed by atoms with E-state index in [0.29, 0.717) is 23.8 Å². The average Bonchev–Trinajstić information content (AvgIpc) is 2.84. The van der Waals surface area contributed by atoms with Gasteiger partial charge in [0.15, 0.2) is 0 Å². The van der Waals surface area contributed by atoms with Crippen LogP contribution in [0.4, 0.5) is 0 Å². The van der Waals surface area contributed by atoms with Crippen LogP contribution in [0.3, 0.4) is 0 Å². The lowest BCUT2D eigenvalue weighted by molar-refractivity contribution is 0.278. The smallest absolute Gasteiger partial charge is 0.141 e. The summed E-state index contributed by atoms with van der Waals surface area (Å²) in [6, 6.07) is 0.513. The van der Waals surface area contributed by atoms with E-state index in [0.717, 1.165) is 11.3 Å². The van der Waals surface area contributed by atoms with E-state index in [1.807, 2.05) is 11.8 Å². The highest BCUT2D eigenvalue weighted by atomic mass is 32.2. The Kier molecular flexibility index (Phi) is 4.25. The Morgan fingerprint density at radius 3 is 3.06 bits per heavy atom. The third-order valence-electron chi connectivity index (χ3n) is 3.10. The van der Waals surface area contributed by atoms with Crippen molar-refractivity contribution in [1.29, 1.82) is 0 Å². The van der Waals surface area contributed by atoms with Crippen LogP contribution in [0.25, 0.3) is 0 Å². The molecule has 0 saturated carbocycles. The number of aliphatic hydroxyl groups is 1. The van der Waals surface area contributed by atoms with Gasteiger partial charge >= 0.3 is 0 Å². The predicted molar refractivity (Wildman–Crippen MR) is 69.1 cm³/mol. The van der Waals surface area contributed by atoms with Crippen LogP contribution in [-0.4, -0.2) is 32.7 Å². The molecule has 1 aromatic heterocycles. The van der Waals surface area contributed by atoms with Gasteiger partial charge in [-0.1, -0.05) is 0 Å². The zero-order chi connectivity index (χ0) is 12.3. The third kappa shape index (κ3) is 2.91. The lowest BCUT2D eigenvalue weighted by Gasteiger charge is -2.15. The van der Waals surface area contributed by atoms with E-state index < -0.39 is 0 Å². The third-order valence-corrected chi connectivity index (χ3v) is 4.26. The number of hydrogen-bond donors (Lipinski definition) is 3. The van der Waals surface area contributed by atoms with Crippen molar-refractivity contribution in [3.05, 3.63) is 23.0 Å².